The van der Waals surface area contributed by atoms with Gasteiger partial charge < -0.3 is 20.1 Å². The van der Waals surface area contributed by atoms with E-state index in [4.69, 9.17) is 21.1 Å². The molecule has 3 aromatic carbocycles. The van der Waals surface area contributed by atoms with Crippen molar-refractivity contribution in [3.05, 3.63) is 93.0 Å². The molecule has 0 unspecified atom stereocenters. The molecule has 0 aliphatic rings. The number of hydrogen-bond acceptors (Lipinski definition) is 6. The van der Waals surface area contributed by atoms with Gasteiger partial charge in [-0.3, -0.25) is 10.1 Å². The average molecular weight is 442 g/mol. The molecule has 0 aliphatic carbocycles. The normalized spacial score (nSPS) is 10.5. The quantitative estimate of drug-likeness (QED) is 0.246. The molecule has 3 aromatic rings. The van der Waals surface area contributed by atoms with Gasteiger partial charge in [0, 0.05) is 37.3 Å². The Morgan fingerprint density at radius 1 is 1.03 bits per heavy atom. The Kier molecular flexibility index (Phi) is 8.09. The highest BCUT2D eigenvalue weighted by molar-refractivity contribution is 6.33. The molecule has 0 spiro atoms. The molecular weight excluding hydrogens is 418 g/mol. The lowest BCUT2D eigenvalue weighted by Gasteiger charge is -2.16. The molecule has 0 atom stereocenters. The van der Waals surface area contributed by atoms with Gasteiger partial charge in [0.2, 0.25) is 0 Å². The van der Waals surface area contributed by atoms with Gasteiger partial charge in [0.1, 0.15) is 6.61 Å². The predicted octanol–water partition coefficient (Wildman–Crippen LogP) is 5.04. The smallest absolute Gasteiger partial charge is 0.271 e. The van der Waals surface area contributed by atoms with Crippen LogP contribution in [0.1, 0.15) is 11.1 Å². The Morgan fingerprint density at radius 3 is 2.55 bits per heavy atom. The first-order chi connectivity index (χ1) is 15.1. The van der Waals surface area contributed by atoms with Gasteiger partial charge in [0.15, 0.2) is 11.5 Å². The molecule has 31 heavy (non-hydrogen) atoms. The van der Waals surface area contributed by atoms with Crippen LogP contribution in [-0.4, -0.2) is 25.1 Å². The second kappa shape index (κ2) is 11.2. The van der Waals surface area contributed by atoms with Gasteiger partial charge in [-0.2, -0.15) is 0 Å². The van der Waals surface area contributed by atoms with Gasteiger partial charge in [-0.15, -0.1) is 0 Å². The van der Waals surface area contributed by atoms with E-state index in [0.29, 0.717) is 48.5 Å². The molecule has 0 amide bonds. The lowest BCUT2D eigenvalue weighted by molar-refractivity contribution is -0.384. The topological polar surface area (TPSA) is 85.7 Å². The summed E-state index contributed by atoms with van der Waals surface area (Å²) in [6.45, 7) is 2.30. The number of nitrogens with zero attached hydrogens (tertiary/aromatic N) is 1. The van der Waals surface area contributed by atoms with Crippen molar-refractivity contribution in [3.8, 4) is 11.5 Å². The van der Waals surface area contributed by atoms with Gasteiger partial charge in [0.25, 0.3) is 5.69 Å². The van der Waals surface area contributed by atoms with E-state index in [2.05, 4.69) is 10.6 Å². The first-order valence-electron chi connectivity index (χ1n) is 9.79. The number of rotatable bonds is 11. The van der Waals surface area contributed by atoms with Gasteiger partial charge in [-0.05, 0) is 17.7 Å². The summed E-state index contributed by atoms with van der Waals surface area (Å²) in [5.74, 6) is 1.40. The van der Waals surface area contributed by atoms with E-state index in [9.17, 15) is 10.1 Å². The second-order valence-corrected chi connectivity index (χ2v) is 7.15. The Balaban J connectivity index is 1.53. The number of para-hydroxylation sites is 1. The van der Waals surface area contributed by atoms with Crippen molar-refractivity contribution in [2.75, 3.05) is 25.5 Å². The molecule has 0 saturated carbocycles. The van der Waals surface area contributed by atoms with Crippen LogP contribution in [0.15, 0.2) is 66.7 Å². The summed E-state index contributed by atoms with van der Waals surface area (Å²) >= 11 is 6.10. The van der Waals surface area contributed by atoms with Crippen molar-refractivity contribution in [2.45, 2.75) is 13.2 Å². The number of methoxy groups -OCH3 is 1. The number of halogens is 1. The summed E-state index contributed by atoms with van der Waals surface area (Å²) in [5.41, 5.74) is 2.69. The van der Waals surface area contributed by atoms with Crippen LogP contribution in [0.25, 0.3) is 0 Å². The van der Waals surface area contributed by atoms with Crippen molar-refractivity contribution in [3.63, 3.8) is 0 Å². The van der Waals surface area contributed by atoms with Crippen LogP contribution in [0.4, 0.5) is 11.4 Å². The van der Waals surface area contributed by atoms with E-state index in [1.165, 1.54) is 12.1 Å². The maximum Gasteiger partial charge on any atom is 0.271 e. The van der Waals surface area contributed by atoms with Crippen LogP contribution < -0.4 is 20.1 Å². The highest BCUT2D eigenvalue weighted by atomic mass is 35.5. The van der Waals surface area contributed by atoms with Crippen LogP contribution >= 0.6 is 11.6 Å². The number of nitrogens with one attached hydrogen (secondary N) is 2. The third-order valence-electron chi connectivity index (χ3n) is 4.60. The minimum absolute atomic E-state index is 0.0327. The first kappa shape index (κ1) is 22.4. The Labute approximate surface area is 186 Å². The highest BCUT2D eigenvalue weighted by Gasteiger charge is 2.11. The van der Waals surface area contributed by atoms with Crippen LogP contribution in [0.5, 0.6) is 11.5 Å². The zero-order valence-corrected chi connectivity index (χ0v) is 17.9. The summed E-state index contributed by atoms with van der Waals surface area (Å²) in [7, 11) is 1.62. The zero-order chi connectivity index (χ0) is 22.1. The predicted molar refractivity (Wildman–Crippen MR) is 122 cm³/mol. The summed E-state index contributed by atoms with van der Waals surface area (Å²) in [4.78, 5) is 10.3. The van der Waals surface area contributed by atoms with Gasteiger partial charge in [-0.1, -0.05) is 54.1 Å². The van der Waals surface area contributed by atoms with E-state index in [-0.39, 0.29) is 5.69 Å². The fourth-order valence-corrected chi connectivity index (χ4v) is 3.27. The molecule has 8 heteroatoms. The third-order valence-corrected chi connectivity index (χ3v) is 4.92. The summed E-state index contributed by atoms with van der Waals surface area (Å²) < 4.78 is 11.5. The molecular formula is C23H24ClN3O4. The lowest BCUT2D eigenvalue weighted by Crippen LogP contribution is -2.22. The molecule has 2 N–H and O–H groups in total. The van der Waals surface area contributed by atoms with Crippen LogP contribution in [0, 0.1) is 10.1 Å². The Morgan fingerprint density at radius 2 is 1.84 bits per heavy atom. The summed E-state index contributed by atoms with van der Waals surface area (Å²) in [5, 5.41) is 17.7. The minimum atomic E-state index is -0.469. The van der Waals surface area contributed by atoms with Gasteiger partial charge in [-0.25, -0.2) is 0 Å². The minimum Gasteiger partial charge on any atom is -0.493 e. The Bertz CT molecular complexity index is 1010. The highest BCUT2D eigenvalue weighted by Crippen LogP contribution is 2.32. The van der Waals surface area contributed by atoms with Crippen molar-refractivity contribution in [1.82, 2.24) is 5.32 Å². The van der Waals surface area contributed by atoms with E-state index in [1.54, 1.807) is 13.2 Å². The van der Waals surface area contributed by atoms with Crippen molar-refractivity contribution in [1.29, 1.82) is 0 Å². The third kappa shape index (κ3) is 6.34. The average Bonchev–Trinajstić information content (AvgIpc) is 2.79. The van der Waals surface area contributed by atoms with Gasteiger partial charge >= 0.3 is 0 Å². The zero-order valence-electron chi connectivity index (χ0n) is 17.1. The fraction of sp³-hybridized carbons (Fsp3) is 0.217. The molecule has 3 rings (SSSR count). The maximum atomic E-state index is 10.8. The van der Waals surface area contributed by atoms with Crippen molar-refractivity contribution < 1.29 is 14.4 Å². The molecule has 0 aromatic heterocycles. The van der Waals surface area contributed by atoms with E-state index in [1.807, 2.05) is 48.5 Å². The van der Waals surface area contributed by atoms with Crippen molar-refractivity contribution in [2.24, 2.45) is 0 Å². The molecule has 0 heterocycles. The molecule has 0 radical (unpaired) electrons. The second-order valence-electron chi connectivity index (χ2n) is 6.75. The summed E-state index contributed by atoms with van der Waals surface area (Å²) in [6.07, 6.45) is 0. The molecule has 0 fully saturated rings. The number of nitro benzene ring substituents is 1. The van der Waals surface area contributed by atoms with Crippen molar-refractivity contribution >= 4 is 23.0 Å². The van der Waals surface area contributed by atoms with Gasteiger partial charge in [0.05, 0.1) is 22.7 Å². The molecule has 0 saturated heterocycles. The van der Waals surface area contributed by atoms with Crippen LogP contribution in [0.2, 0.25) is 5.02 Å². The number of benzene rings is 3. The largest absolute Gasteiger partial charge is 0.493 e. The monoisotopic (exact) mass is 441 g/mol. The van der Waals surface area contributed by atoms with E-state index >= 15 is 0 Å². The number of nitro groups is 1. The van der Waals surface area contributed by atoms with Crippen LogP contribution in [-0.2, 0) is 13.2 Å². The lowest BCUT2D eigenvalue weighted by atomic mass is 10.1. The van der Waals surface area contributed by atoms with E-state index in [0.717, 1.165) is 11.1 Å². The number of ether oxygens (including phenoxy) is 2. The molecule has 0 bridgehead atoms. The SMILES string of the molecule is COc1cccc(CNCCNc2ccc([N+](=O)[O-])cc2Cl)c1OCc1ccccc1. The fourth-order valence-electron chi connectivity index (χ4n) is 3.02. The summed E-state index contributed by atoms with van der Waals surface area (Å²) in [6, 6.07) is 20.1. The molecule has 162 valence electrons. The number of anilines is 1. The molecule has 7 nitrogen and oxygen atoms in total. The number of non-ortho nitro benzene ring substituents is 1. The standard InChI is InChI=1S/C23H24ClN3O4/c1-30-22-9-5-8-18(23(22)31-16-17-6-3-2-4-7-17)15-25-12-13-26-21-11-10-19(27(28)29)14-20(21)24/h2-11,14,25-26H,12-13,15-16H2,1H3. The molecule has 0 aliphatic heterocycles. The van der Waals surface area contributed by atoms with E-state index < -0.39 is 4.92 Å². The van der Waals surface area contributed by atoms with Crippen LogP contribution in [0.3, 0.4) is 0 Å². The Hall–Kier alpha value is -3.29. The first-order valence-corrected chi connectivity index (χ1v) is 10.2. The maximum absolute atomic E-state index is 10.8. The number of hydrogen-bond donors (Lipinski definition) is 2.